The van der Waals surface area contributed by atoms with Gasteiger partial charge in [0.25, 0.3) is 0 Å². The number of carboxylic acids is 1. The summed E-state index contributed by atoms with van der Waals surface area (Å²) in [5.74, 6) is -1.02. The molecule has 0 radical (unpaired) electrons. The summed E-state index contributed by atoms with van der Waals surface area (Å²) in [5, 5.41) is 11.5. The summed E-state index contributed by atoms with van der Waals surface area (Å²) in [4.78, 5) is 26.1. The second kappa shape index (κ2) is 7.78. The highest BCUT2D eigenvalue weighted by atomic mass is 16.4. The van der Waals surface area contributed by atoms with E-state index in [0.717, 1.165) is 13.1 Å². The average Bonchev–Trinajstić information content (AvgIpc) is 2.88. The first-order valence-electron chi connectivity index (χ1n) is 6.64. The highest BCUT2D eigenvalue weighted by Crippen LogP contribution is 2.10. The monoisotopic (exact) mass is 269 g/mol. The van der Waals surface area contributed by atoms with Gasteiger partial charge >= 0.3 is 12.0 Å². The normalized spacial score (nSPS) is 16.9. The number of likely N-dealkylation sites (tertiary alicyclic amines) is 1. The number of rotatable bonds is 7. The number of urea groups is 1. The van der Waals surface area contributed by atoms with Gasteiger partial charge in [-0.1, -0.05) is 6.08 Å². The molecule has 1 rings (SSSR count). The molecule has 0 saturated carbocycles. The molecule has 1 unspecified atom stereocenters. The number of aliphatic carboxylic acids is 1. The van der Waals surface area contributed by atoms with Crippen LogP contribution in [0.15, 0.2) is 12.7 Å². The first-order chi connectivity index (χ1) is 9.04. The van der Waals surface area contributed by atoms with Crippen LogP contribution in [0.5, 0.6) is 0 Å². The number of carbonyl (C=O) groups is 2. The van der Waals surface area contributed by atoms with Gasteiger partial charge in [0.05, 0.1) is 0 Å². The number of hydrogen-bond acceptors (Lipinski definition) is 3. The van der Waals surface area contributed by atoms with Crippen LogP contribution >= 0.6 is 0 Å². The minimum absolute atomic E-state index is 0.232. The van der Waals surface area contributed by atoms with Crippen molar-refractivity contribution in [3.63, 3.8) is 0 Å². The molecule has 0 aromatic rings. The molecule has 1 fully saturated rings. The zero-order valence-electron chi connectivity index (χ0n) is 11.5. The Kier molecular flexibility index (Phi) is 6.35. The highest BCUT2D eigenvalue weighted by molar-refractivity contribution is 5.80. The highest BCUT2D eigenvalue weighted by Gasteiger charge is 2.20. The summed E-state index contributed by atoms with van der Waals surface area (Å²) in [6, 6.07) is -0.0739. The van der Waals surface area contributed by atoms with Gasteiger partial charge in [-0.3, -0.25) is 9.69 Å². The minimum atomic E-state index is -1.02. The molecule has 6 nitrogen and oxygen atoms in total. The van der Waals surface area contributed by atoms with E-state index in [-0.39, 0.29) is 25.2 Å². The molecule has 0 aromatic carbocycles. The van der Waals surface area contributed by atoms with E-state index in [0.29, 0.717) is 6.54 Å². The number of nitrogens with one attached hydrogen (secondary N) is 1. The third-order valence-electron chi connectivity index (χ3n) is 3.28. The quantitative estimate of drug-likeness (QED) is 0.669. The van der Waals surface area contributed by atoms with E-state index < -0.39 is 5.97 Å². The summed E-state index contributed by atoms with van der Waals surface area (Å²) in [5.41, 5.74) is 0. The Hall–Kier alpha value is -1.56. The van der Waals surface area contributed by atoms with Crippen molar-refractivity contribution >= 4 is 12.0 Å². The second-order valence-electron chi connectivity index (χ2n) is 4.84. The van der Waals surface area contributed by atoms with Gasteiger partial charge in [0.2, 0.25) is 0 Å². The summed E-state index contributed by atoms with van der Waals surface area (Å²) >= 11 is 0. The third-order valence-corrected chi connectivity index (χ3v) is 3.28. The minimum Gasteiger partial charge on any atom is -0.480 e. The van der Waals surface area contributed by atoms with Crippen LogP contribution in [-0.4, -0.2) is 65.7 Å². The van der Waals surface area contributed by atoms with Crippen molar-refractivity contribution in [2.75, 3.05) is 32.7 Å². The second-order valence-corrected chi connectivity index (χ2v) is 4.84. The molecule has 1 aliphatic heterocycles. The molecule has 19 heavy (non-hydrogen) atoms. The zero-order valence-corrected chi connectivity index (χ0v) is 11.5. The van der Waals surface area contributed by atoms with Crippen LogP contribution in [0.25, 0.3) is 0 Å². The van der Waals surface area contributed by atoms with E-state index in [9.17, 15) is 9.59 Å². The van der Waals surface area contributed by atoms with Crippen LogP contribution in [0.1, 0.15) is 19.8 Å². The molecule has 2 amide bonds. The van der Waals surface area contributed by atoms with Gasteiger partial charge in [0, 0.05) is 19.1 Å². The molecule has 0 aliphatic carbocycles. The molecule has 0 bridgehead atoms. The molecule has 2 N–H and O–H groups in total. The predicted octanol–water partition coefficient (Wildman–Crippen LogP) is 0.753. The Balaban J connectivity index is 2.37. The Morgan fingerprint density at radius 2 is 2.11 bits per heavy atom. The van der Waals surface area contributed by atoms with Crippen molar-refractivity contribution in [1.82, 2.24) is 15.1 Å². The number of carboxylic acid groups (broad SMARTS) is 1. The van der Waals surface area contributed by atoms with Gasteiger partial charge in [-0.25, -0.2) is 4.79 Å². The largest absolute Gasteiger partial charge is 0.480 e. The van der Waals surface area contributed by atoms with Crippen LogP contribution in [-0.2, 0) is 4.79 Å². The van der Waals surface area contributed by atoms with Crippen molar-refractivity contribution in [2.24, 2.45) is 0 Å². The Labute approximate surface area is 114 Å². The van der Waals surface area contributed by atoms with Gasteiger partial charge in [0.15, 0.2) is 0 Å². The SMILES string of the molecule is C=CCN(CC(=O)O)C(=O)NCC(C)N1CCCC1. The van der Waals surface area contributed by atoms with Crippen molar-refractivity contribution in [2.45, 2.75) is 25.8 Å². The average molecular weight is 269 g/mol. The van der Waals surface area contributed by atoms with Gasteiger partial charge < -0.3 is 15.3 Å². The van der Waals surface area contributed by atoms with E-state index in [1.807, 2.05) is 0 Å². The van der Waals surface area contributed by atoms with E-state index in [2.05, 4.69) is 23.7 Å². The third kappa shape index (κ3) is 5.30. The number of nitrogens with zero attached hydrogens (tertiary/aromatic N) is 2. The lowest BCUT2D eigenvalue weighted by Crippen LogP contribution is -2.47. The van der Waals surface area contributed by atoms with Crippen molar-refractivity contribution in [3.8, 4) is 0 Å². The first-order valence-corrected chi connectivity index (χ1v) is 6.64. The van der Waals surface area contributed by atoms with E-state index in [1.165, 1.54) is 23.8 Å². The Bertz CT molecular complexity index is 327. The summed E-state index contributed by atoms with van der Waals surface area (Å²) in [7, 11) is 0. The van der Waals surface area contributed by atoms with Crippen molar-refractivity contribution in [3.05, 3.63) is 12.7 Å². The van der Waals surface area contributed by atoms with Crippen LogP contribution in [0.3, 0.4) is 0 Å². The molecule has 1 saturated heterocycles. The fraction of sp³-hybridized carbons (Fsp3) is 0.692. The lowest BCUT2D eigenvalue weighted by molar-refractivity contribution is -0.137. The summed E-state index contributed by atoms with van der Waals surface area (Å²) < 4.78 is 0. The van der Waals surface area contributed by atoms with E-state index in [4.69, 9.17) is 5.11 Å². The maximum Gasteiger partial charge on any atom is 0.323 e. The van der Waals surface area contributed by atoms with Crippen LogP contribution < -0.4 is 5.32 Å². The Morgan fingerprint density at radius 3 is 2.63 bits per heavy atom. The van der Waals surface area contributed by atoms with Gasteiger partial charge in [-0.2, -0.15) is 0 Å². The molecule has 6 heteroatoms. The lowest BCUT2D eigenvalue weighted by Gasteiger charge is -2.26. The van der Waals surface area contributed by atoms with Crippen molar-refractivity contribution < 1.29 is 14.7 Å². The molecule has 1 aliphatic rings. The number of amides is 2. The van der Waals surface area contributed by atoms with Gasteiger partial charge in [-0.15, -0.1) is 6.58 Å². The molecule has 0 spiro atoms. The maximum atomic E-state index is 11.9. The van der Waals surface area contributed by atoms with E-state index >= 15 is 0 Å². The number of hydrogen-bond donors (Lipinski definition) is 2. The van der Waals surface area contributed by atoms with Crippen LogP contribution in [0.2, 0.25) is 0 Å². The molecule has 0 aromatic heterocycles. The lowest BCUT2D eigenvalue weighted by atomic mass is 10.3. The van der Waals surface area contributed by atoms with E-state index in [1.54, 1.807) is 0 Å². The van der Waals surface area contributed by atoms with Crippen molar-refractivity contribution in [1.29, 1.82) is 0 Å². The summed E-state index contributed by atoms with van der Waals surface area (Å²) in [6.07, 6.45) is 3.94. The van der Waals surface area contributed by atoms with Gasteiger partial charge in [-0.05, 0) is 32.9 Å². The van der Waals surface area contributed by atoms with Crippen LogP contribution in [0.4, 0.5) is 4.79 Å². The summed E-state index contributed by atoms with van der Waals surface area (Å²) in [6.45, 7) is 8.20. The smallest absolute Gasteiger partial charge is 0.323 e. The topological polar surface area (TPSA) is 72.9 Å². The molecule has 1 heterocycles. The Morgan fingerprint density at radius 1 is 1.47 bits per heavy atom. The van der Waals surface area contributed by atoms with Crippen LogP contribution in [0, 0.1) is 0 Å². The molecule has 1 atom stereocenters. The maximum absolute atomic E-state index is 11.9. The zero-order chi connectivity index (χ0) is 14.3. The predicted molar refractivity (Wildman–Crippen MR) is 73.1 cm³/mol. The molecular weight excluding hydrogens is 246 g/mol. The fourth-order valence-corrected chi connectivity index (χ4v) is 2.20. The molecule has 108 valence electrons. The molecular formula is C13H23N3O3. The fourth-order valence-electron chi connectivity index (χ4n) is 2.20. The first kappa shape index (κ1) is 15.5. The van der Waals surface area contributed by atoms with Gasteiger partial charge in [0.1, 0.15) is 6.54 Å². The number of carbonyl (C=O) groups excluding carboxylic acids is 1. The standard InChI is InChI=1S/C13H23N3O3/c1-3-6-16(10-12(17)18)13(19)14-9-11(2)15-7-4-5-8-15/h3,11H,1,4-10H2,2H3,(H,14,19)(H,17,18).